The molecule has 0 atom stereocenters. The highest BCUT2D eigenvalue weighted by atomic mass is 16.6. The van der Waals surface area contributed by atoms with Gasteiger partial charge in [-0.3, -0.25) is 20.2 Å². The van der Waals surface area contributed by atoms with E-state index >= 15 is 0 Å². The summed E-state index contributed by atoms with van der Waals surface area (Å²) in [5.74, 6) is 0. The molecule has 7 heteroatoms. The van der Waals surface area contributed by atoms with Crippen molar-refractivity contribution in [2.24, 2.45) is 0 Å². The lowest BCUT2D eigenvalue weighted by Crippen LogP contribution is -1.90. The second-order valence-electron chi connectivity index (χ2n) is 6.37. The van der Waals surface area contributed by atoms with Crippen molar-refractivity contribution in [3.8, 4) is 0 Å². The molecule has 1 aromatic heterocycles. The third kappa shape index (κ3) is 2.02. The molecule has 5 rings (SSSR count). The fraction of sp³-hybridized carbons (Fsp3) is 0. The van der Waals surface area contributed by atoms with Crippen LogP contribution in [0.3, 0.4) is 0 Å². The van der Waals surface area contributed by atoms with Crippen LogP contribution >= 0.6 is 0 Å². The zero-order valence-electron chi connectivity index (χ0n) is 13.8. The van der Waals surface area contributed by atoms with Crippen LogP contribution in [0.25, 0.3) is 43.4 Å². The molecule has 0 saturated heterocycles. The standard InChI is InChI=1S/C20H11N3O4/c24-22(25)17-9-15-19(13-7-3-1-5-11(13)17)20-14-8-4-2-6-12(14)18(23(26)27)10-16(20)21-15/h1-10,21H. The molecule has 0 spiro atoms. The molecular formula is C20H11N3O4. The zero-order chi connectivity index (χ0) is 18.7. The van der Waals surface area contributed by atoms with Gasteiger partial charge in [-0.2, -0.15) is 0 Å². The molecule has 0 radical (unpaired) electrons. The minimum absolute atomic E-state index is 0.00320. The second kappa shape index (κ2) is 5.25. The summed E-state index contributed by atoms with van der Waals surface area (Å²) < 4.78 is 0. The first-order chi connectivity index (χ1) is 13.1. The summed E-state index contributed by atoms with van der Waals surface area (Å²) in [5, 5.41) is 27.3. The summed E-state index contributed by atoms with van der Waals surface area (Å²) in [6.45, 7) is 0. The predicted molar refractivity (Wildman–Crippen MR) is 104 cm³/mol. The Morgan fingerprint density at radius 2 is 1.00 bits per heavy atom. The van der Waals surface area contributed by atoms with Crippen molar-refractivity contribution >= 4 is 54.7 Å². The van der Waals surface area contributed by atoms with E-state index in [0.717, 1.165) is 21.5 Å². The number of nitrogens with zero attached hydrogens (tertiary/aromatic N) is 2. The average Bonchev–Trinajstić information content (AvgIpc) is 3.05. The van der Waals surface area contributed by atoms with Gasteiger partial charge in [0.05, 0.1) is 31.7 Å². The molecule has 0 saturated carbocycles. The summed E-state index contributed by atoms with van der Waals surface area (Å²) in [5.41, 5.74) is 1.18. The van der Waals surface area contributed by atoms with E-state index in [1.54, 1.807) is 24.3 Å². The van der Waals surface area contributed by atoms with Crippen molar-refractivity contribution in [2.75, 3.05) is 0 Å². The van der Waals surface area contributed by atoms with Crippen molar-refractivity contribution in [1.82, 2.24) is 4.98 Å². The van der Waals surface area contributed by atoms with Gasteiger partial charge in [-0.1, -0.05) is 36.4 Å². The molecule has 0 aliphatic rings. The van der Waals surface area contributed by atoms with Crippen LogP contribution in [-0.4, -0.2) is 14.8 Å². The molecule has 0 bridgehead atoms. The van der Waals surface area contributed by atoms with Crippen molar-refractivity contribution < 1.29 is 9.85 Å². The molecule has 130 valence electrons. The molecule has 0 unspecified atom stereocenters. The highest BCUT2D eigenvalue weighted by molar-refractivity contribution is 6.29. The number of aromatic amines is 1. The number of benzene rings is 4. The van der Waals surface area contributed by atoms with Crippen LogP contribution in [0.15, 0.2) is 60.7 Å². The van der Waals surface area contributed by atoms with E-state index in [1.807, 2.05) is 24.3 Å². The van der Waals surface area contributed by atoms with Crippen LogP contribution < -0.4 is 0 Å². The van der Waals surface area contributed by atoms with Gasteiger partial charge in [0.15, 0.2) is 0 Å². The first kappa shape index (κ1) is 15.3. The van der Waals surface area contributed by atoms with E-state index in [0.29, 0.717) is 21.8 Å². The van der Waals surface area contributed by atoms with Gasteiger partial charge in [0, 0.05) is 22.9 Å². The van der Waals surface area contributed by atoms with Gasteiger partial charge in [-0.05, 0) is 22.9 Å². The first-order valence-electron chi connectivity index (χ1n) is 8.24. The van der Waals surface area contributed by atoms with Gasteiger partial charge < -0.3 is 4.98 Å². The van der Waals surface area contributed by atoms with Crippen LogP contribution in [0, 0.1) is 20.2 Å². The lowest BCUT2D eigenvalue weighted by molar-refractivity contribution is -0.383. The minimum Gasteiger partial charge on any atom is -0.354 e. The SMILES string of the molecule is O=[N+]([O-])c1cc2[nH]c3cc([N+](=O)[O-])c4ccccc4c3c2c2ccccc12. The number of nitro groups is 2. The van der Waals surface area contributed by atoms with E-state index in [9.17, 15) is 20.2 Å². The van der Waals surface area contributed by atoms with Crippen LogP contribution in [0.5, 0.6) is 0 Å². The number of hydrogen-bond acceptors (Lipinski definition) is 4. The Balaban J connectivity index is 2.11. The summed E-state index contributed by atoms with van der Waals surface area (Å²) in [7, 11) is 0. The Morgan fingerprint density at radius 1 is 0.630 bits per heavy atom. The van der Waals surface area contributed by atoms with E-state index in [2.05, 4.69) is 4.98 Å². The molecule has 1 N–H and O–H groups in total. The van der Waals surface area contributed by atoms with Gasteiger partial charge in [0.2, 0.25) is 0 Å². The van der Waals surface area contributed by atoms with Gasteiger partial charge >= 0.3 is 0 Å². The smallest absolute Gasteiger partial charge is 0.279 e. The molecular weight excluding hydrogens is 346 g/mol. The molecule has 0 aliphatic heterocycles. The highest BCUT2D eigenvalue weighted by Gasteiger charge is 2.22. The van der Waals surface area contributed by atoms with Gasteiger partial charge in [-0.25, -0.2) is 0 Å². The molecule has 1 heterocycles. The van der Waals surface area contributed by atoms with E-state index in [4.69, 9.17) is 0 Å². The van der Waals surface area contributed by atoms with E-state index in [1.165, 1.54) is 12.1 Å². The fourth-order valence-corrected chi connectivity index (χ4v) is 3.90. The van der Waals surface area contributed by atoms with Gasteiger partial charge in [-0.15, -0.1) is 0 Å². The van der Waals surface area contributed by atoms with Crippen molar-refractivity contribution in [2.45, 2.75) is 0 Å². The van der Waals surface area contributed by atoms with Gasteiger partial charge in [0.1, 0.15) is 0 Å². The normalized spacial score (nSPS) is 11.6. The van der Waals surface area contributed by atoms with Crippen LogP contribution in [0.4, 0.5) is 11.4 Å². The summed E-state index contributed by atoms with van der Waals surface area (Å²) in [4.78, 5) is 25.4. The molecule has 7 nitrogen and oxygen atoms in total. The second-order valence-corrected chi connectivity index (χ2v) is 6.37. The molecule has 27 heavy (non-hydrogen) atoms. The lowest BCUT2D eigenvalue weighted by Gasteiger charge is -2.04. The Labute approximate surface area is 151 Å². The quantitative estimate of drug-likeness (QED) is 0.335. The molecule has 4 aromatic carbocycles. The number of hydrogen-bond donors (Lipinski definition) is 1. The van der Waals surface area contributed by atoms with Crippen molar-refractivity contribution in [1.29, 1.82) is 0 Å². The summed E-state index contributed by atoms with van der Waals surface area (Å²) in [6, 6.07) is 17.3. The molecule has 0 aliphatic carbocycles. The topological polar surface area (TPSA) is 102 Å². The molecule has 0 amide bonds. The van der Waals surface area contributed by atoms with Crippen molar-refractivity contribution in [3.63, 3.8) is 0 Å². The highest BCUT2D eigenvalue weighted by Crippen LogP contribution is 2.42. The van der Waals surface area contributed by atoms with Crippen molar-refractivity contribution in [3.05, 3.63) is 80.9 Å². The first-order valence-corrected chi connectivity index (χ1v) is 8.24. The molecule has 5 aromatic rings. The number of H-pyrrole nitrogens is 1. The van der Waals surface area contributed by atoms with Crippen LogP contribution in [0.2, 0.25) is 0 Å². The third-order valence-electron chi connectivity index (χ3n) is 4.96. The van der Waals surface area contributed by atoms with Crippen LogP contribution in [-0.2, 0) is 0 Å². The lowest BCUT2D eigenvalue weighted by atomic mass is 9.98. The Kier molecular flexibility index (Phi) is 2.97. The Morgan fingerprint density at radius 3 is 1.37 bits per heavy atom. The predicted octanol–water partition coefficient (Wildman–Crippen LogP) is 5.44. The maximum absolute atomic E-state index is 11.5. The number of fused-ring (bicyclic) bond motifs is 7. The third-order valence-corrected chi connectivity index (χ3v) is 4.96. The summed E-state index contributed by atoms with van der Waals surface area (Å²) in [6.07, 6.45) is 0. The number of nitro benzene ring substituents is 2. The number of nitrogens with one attached hydrogen (secondary N) is 1. The van der Waals surface area contributed by atoms with E-state index < -0.39 is 9.85 Å². The maximum Gasteiger partial charge on any atom is 0.279 e. The average molecular weight is 357 g/mol. The largest absolute Gasteiger partial charge is 0.354 e. The fourth-order valence-electron chi connectivity index (χ4n) is 3.90. The van der Waals surface area contributed by atoms with Crippen LogP contribution in [0.1, 0.15) is 0 Å². The number of rotatable bonds is 2. The Bertz CT molecular complexity index is 1330. The van der Waals surface area contributed by atoms with E-state index in [-0.39, 0.29) is 11.4 Å². The Hall–Kier alpha value is -4.00. The molecule has 0 fully saturated rings. The van der Waals surface area contributed by atoms with Gasteiger partial charge in [0.25, 0.3) is 11.4 Å². The zero-order valence-corrected chi connectivity index (χ0v) is 13.8. The minimum atomic E-state index is -0.409. The monoisotopic (exact) mass is 357 g/mol. The maximum atomic E-state index is 11.5. The number of aromatic nitrogens is 1. The number of non-ortho nitro benzene ring substituents is 2. The summed E-state index contributed by atoms with van der Waals surface area (Å²) >= 11 is 0.